The lowest BCUT2D eigenvalue weighted by molar-refractivity contribution is 0.0760. The maximum atomic E-state index is 12.4. The Balaban J connectivity index is 1.66. The van der Waals surface area contributed by atoms with E-state index in [0.717, 1.165) is 24.9 Å². The van der Waals surface area contributed by atoms with Crippen molar-refractivity contribution in [2.75, 3.05) is 18.9 Å². The highest BCUT2D eigenvalue weighted by Crippen LogP contribution is 2.22. The fourth-order valence-corrected chi connectivity index (χ4v) is 3.38. The summed E-state index contributed by atoms with van der Waals surface area (Å²) in [4.78, 5) is 19.2. The molecule has 2 heterocycles. The Kier molecular flexibility index (Phi) is 5.79. The lowest BCUT2D eigenvalue weighted by atomic mass is 10.0. The van der Waals surface area contributed by atoms with Gasteiger partial charge in [-0.2, -0.15) is 4.98 Å². The molecule has 5 nitrogen and oxygen atoms in total. The molecular weight excluding hydrogens is 350 g/mol. The molecule has 1 aromatic carbocycles. The summed E-state index contributed by atoms with van der Waals surface area (Å²) in [6.07, 6.45) is 2.08. The van der Waals surface area contributed by atoms with Crippen LogP contribution in [0.15, 0.2) is 36.4 Å². The lowest BCUT2D eigenvalue weighted by Gasteiger charge is -2.34. The first-order valence-corrected chi connectivity index (χ1v) is 9.21. The van der Waals surface area contributed by atoms with Gasteiger partial charge in [0.1, 0.15) is 11.9 Å². The van der Waals surface area contributed by atoms with Crippen molar-refractivity contribution in [1.29, 1.82) is 0 Å². The topological polar surface area (TPSA) is 54.5 Å². The minimum atomic E-state index is -0.285. The summed E-state index contributed by atoms with van der Waals surface area (Å²) in [6.45, 7) is 5.14. The number of aryl methyl sites for hydroxylation is 1. The van der Waals surface area contributed by atoms with Gasteiger partial charge in [0, 0.05) is 18.7 Å². The third-order valence-corrected chi connectivity index (χ3v) is 5.09. The van der Waals surface area contributed by atoms with E-state index in [1.165, 1.54) is 0 Å². The number of hydrogen-bond donors (Lipinski definition) is 1. The molecule has 1 aliphatic heterocycles. The van der Waals surface area contributed by atoms with Crippen LogP contribution >= 0.6 is 11.6 Å². The van der Waals surface area contributed by atoms with Crippen molar-refractivity contribution in [2.45, 2.75) is 38.8 Å². The Hall–Kier alpha value is -2.11. The first kappa shape index (κ1) is 18.7. The van der Waals surface area contributed by atoms with Crippen LogP contribution in [0.5, 0.6) is 5.88 Å². The number of rotatable bonds is 4. The molecule has 2 aromatic rings. The molecule has 138 valence electrons. The number of hydrogen-bond acceptors (Lipinski definition) is 4. The Morgan fingerprint density at radius 3 is 2.88 bits per heavy atom. The van der Waals surface area contributed by atoms with Gasteiger partial charge in [0.25, 0.3) is 5.91 Å². The number of anilines is 1. The number of piperidine rings is 1. The molecule has 1 aromatic heterocycles. The number of likely N-dealkylation sites (tertiary alicyclic amines) is 1. The molecule has 0 saturated carbocycles. The Bertz CT molecular complexity index is 796. The van der Waals surface area contributed by atoms with Crippen LogP contribution in [-0.4, -0.2) is 41.5 Å². The van der Waals surface area contributed by atoms with Gasteiger partial charge in [0.2, 0.25) is 5.88 Å². The second-order valence-electron chi connectivity index (χ2n) is 6.89. The fraction of sp³-hybridized carbons (Fsp3) is 0.400. The summed E-state index contributed by atoms with van der Waals surface area (Å²) in [6, 6.07) is 11.2. The average molecular weight is 374 g/mol. The minimum absolute atomic E-state index is 0.145. The number of halogens is 1. The molecule has 1 N–H and O–H groups in total. The molecular formula is C20H24ClN3O2. The number of pyridine rings is 1. The molecule has 1 aliphatic rings. The van der Waals surface area contributed by atoms with E-state index in [4.69, 9.17) is 16.3 Å². The molecule has 1 amide bonds. The molecule has 3 rings (SSSR count). The number of carbonyl (C=O) groups is 1. The van der Waals surface area contributed by atoms with Crippen LogP contribution < -0.4 is 10.1 Å². The molecule has 26 heavy (non-hydrogen) atoms. The summed E-state index contributed by atoms with van der Waals surface area (Å²) in [5.41, 5.74) is 1.43. The van der Waals surface area contributed by atoms with E-state index in [1.807, 2.05) is 25.1 Å². The molecule has 1 saturated heterocycles. The average Bonchev–Trinajstić information content (AvgIpc) is 2.58. The highest BCUT2D eigenvalue weighted by atomic mass is 35.5. The predicted octanol–water partition coefficient (Wildman–Crippen LogP) is 4.16. The van der Waals surface area contributed by atoms with Crippen molar-refractivity contribution in [3.05, 3.63) is 52.5 Å². The van der Waals surface area contributed by atoms with Crippen molar-refractivity contribution in [3.8, 4) is 5.88 Å². The highest BCUT2D eigenvalue weighted by Gasteiger charge is 2.24. The zero-order valence-electron chi connectivity index (χ0n) is 15.3. The Labute approximate surface area is 159 Å². The first-order valence-electron chi connectivity index (χ1n) is 8.84. The number of amides is 1. The zero-order valence-corrected chi connectivity index (χ0v) is 16.1. The van der Waals surface area contributed by atoms with Gasteiger partial charge in [-0.15, -0.1) is 0 Å². The van der Waals surface area contributed by atoms with Crippen LogP contribution in [-0.2, 0) is 0 Å². The van der Waals surface area contributed by atoms with Crippen LogP contribution in [0, 0.1) is 6.92 Å². The first-order chi connectivity index (χ1) is 12.4. The molecule has 1 unspecified atom stereocenters. The number of benzene rings is 1. The summed E-state index contributed by atoms with van der Waals surface area (Å²) < 4.78 is 6.03. The molecule has 0 bridgehead atoms. The normalized spacial score (nSPS) is 20.6. The molecule has 6 heteroatoms. The predicted molar refractivity (Wildman–Crippen MR) is 104 cm³/mol. The third kappa shape index (κ3) is 4.54. The fourth-order valence-electron chi connectivity index (χ4n) is 3.06. The number of nitrogens with one attached hydrogen (secondary N) is 1. The molecule has 0 aliphatic carbocycles. The molecule has 0 spiro atoms. The minimum Gasteiger partial charge on any atom is -0.474 e. The monoisotopic (exact) mass is 373 g/mol. The van der Waals surface area contributed by atoms with Gasteiger partial charge < -0.3 is 15.0 Å². The smallest absolute Gasteiger partial charge is 0.258 e. The Morgan fingerprint density at radius 1 is 1.35 bits per heavy atom. The number of nitrogens with zero attached hydrogens (tertiary/aromatic N) is 2. The standard InChI is InChI=1S/C20H24ClN3O2/c1-13-7-8-16(17(21)11-13)20(25)23-18-5-4-6-19(22-18)26-15-9-10-24(3)14(2)12-15/h4-8,11,14-15H,9-10,12H2,1-3H3,(H,22,23,25)/t14?,15-/m0/s1. The lowest BCUT2D eigenvalue weighted by Crippen LogP contribution is -2.42. The van der Waals surface area contributed by atoms with Crippen LogP contribution in [0.1, 0.15) is 35.7 Å². The van der Waals surface area contributed by atoms with Crippen molar-refractivity contribution in [3.63, 3.8) is 0 Å². The van der Waals surface area contributed by atoms with Gasteiger partial charge in [0.05, 0.1) is 10.6 Å². The van der Waals surface area contributed by atoms with Gasteiger partial charge in [0.15, 0.2) is 0 Å². The van der Waals surface area contributed by atoms with Crippen molar-refractivity contribution < 1.29 is 9.53 Å². The van der Waals surface area contributed by atoms with Gasteiger partial charge in [-0.25, -0.2) is 0 Å². The molecule has 0 radical (unpaired) electrons. The van der Waals surface area contributed by atoms with Gasteiger partial charge >= 0.3 is 0 Å². The van der Waals surface area contributed by atoms with E-state index in [1.54, 1.807) is 18.2 Å². The van der Waals surface area contributed by atoms with Crippen molar-refractivity contribution in [1.82, 2.24) is 9.88 Å². The maximum Gasteiger partial charge on any atom is 0.258 e. The molecule has 2 atom stereocenters. The van der Waals surface area contributed by atoms with Crippen molar-refractivity contribution >= 4 is 23.3 Å². The SMILES string of the molecule is Cc1ccc(C(=O)Nc2cccc(O[C@H]3CCN(C)C(C)C3)n2)c(Cl)c1. The van der Waals surface area contributed by atoms with Crippen molar-refractivity contribution in [2.24, 2.45) is 0 Å². The maximum absolute atomic E-state index is 12.4. The Morgan fingerprint density at radius 2 is 2.15 bits per heavy atom. The van der Waals surface area contributed by atoms with E-state index in [2.05, 4.69) is 29.2 Å². The van der Waals surface area contributed by atoms with Crippen LogP contribution in [0.4, 0.5) is 5.82 Å². The van der Waals surface area contributed by atoms with E-state index >= 15 is 0 Å². The second-order valence-corrected chi connectivity index (χ2v) is 7.30. The number of ether oxygens (including phenoxy) is 1. The summed E-state index contributed by atoms with van der Waals surface area (Å²) in [7, 11) is 2.13. The van der Waals surface area contributed by atoms with Crippen LogP contribution in [0.2, 0.25) is 5.02 Å². The quantitative estimate of drug-likeness (QED) is 0.874. The highest BCUT2D eigenvalue weighted by molar-refractivity contribution is 6.34. The summed E-state index contributed by atoms with van der Waals surface area (Å²) >= 11 is 6.17. The van der Waals surface area contributed by atoms with E-state index in [9.17, 15) is 4.79 Å². The van der Waals surface area contributed by atoms with Crippen LogP contribution in [0.25, 0.3) is 0 Å². The van der Waals surface area contributed by atoms with E-state index in [-0.39, 0.29) is 12.0 Å². The number of aromatic nitrogens is 1. The third-order valence-electron chi connectivity index (χ3n) is 4.78. The van der Waals surface area contributed by atoms with E-state index < -0.39 is 0 Å². The van der Waals surface area contributed by atoms with Gasteiger partial charge in [-0.3, -0.25) is 4.79 Å². The summed E-state index contributed by atoms with van der Waals surface area (Å²) in [5.74, 6) is 0.692. The molecule has 1 fully saturated rings. The largest absolute Gasteiger partial charge is 0.474 e. The number of carbonyl (C=O) groups excluding carboxylic acids is 1. The second kappa shape index (κ2) is 8.06. The van der Waals surface area contributed by atoms with Crippen LogP contribution in [0.3, 0.4) is 0 Å². The van der Waals surface area contributed by atoms with Gasteiger partial charge in [-0.1, -0.05) is 23.7 Å². The van der Waals surface area contributed by atoms with E-state index in [0.29, 0.717) is 28.3 Å². The summed E-state index contributed by atoms with van der Waals surface area (Å²) in [5, 5.41) is 3.22. The van der Waals surface area contributed by atoms with Gasteiger partial charge in [-0.05, 0) is 57.5 Å². The zero-order chi connectivity index (χ0) is 18.7.